The van der Waals surface area contributed by atoms with Crippen molar-refractivity contribution in [1.29, 1.82) is 0 Å². The lowest BCUT2D eigenvalue weighted by molar-refractivity contribution is -0.139. The number of carbonyl (C=O) groups is 1. The first-order chi connectivity index (χ1) is 16.4. The highest BCUT2D eigenvalue weighted by atomic mass is 35.5. The normalized spacial score (nSPS) is 22.1. The molecular formula is C26H33ClFN3O3. The van der Waals surface area contributed by atoms with Crippen molar-refractivity contribution >= 4 is 17.5 Å². The van der Waals surface area contributed by atoms with Gasteiger partial charge < -0.3 is 14.4 Å². The van der Waals surface area contributed by atoms with Crippen LogP contribution in [0.25, 0.3) is 0 Å². The summed E-state index contributed by atoms with van der Waals surface area (Å²) < 4.78 is 24.7. The highest BCUT2D eigenvalue weighted by Gasteiger charge is 2.32. The van der Waals surface area contributed by atoms with E-state index in [1.807, 2.05) is 29.2 Å². The molecule has 1 amide bonds. The van der Waals surface area contributed by atoms with Crippen molar-refractivity contribution in [2.24, 2.45) is 0 Å². The molecule has 0 aromatic heterocycles. The smallest absolute Gasteiger partial charge is 0.260 e. The minimum absolute atomic E-state index is 0.00718. The second-order valence-corrected chi connectivity index (χ2v) is 9.67. The standard InChI is InChI=1S/C26H33ClFN3O3/c1-19-15-31(20(2)14-30(19)16-21-3-6-24(28)7-4-21)26(32)18-34-25-8-5-23(27)13-22(25)17-29-9-11-33-12-10-29/h3-8,13,19-20H,9-12,14-18H2,1-2H3/t19-,20+/m0/s1. The highest BCUT2D eigenvalue weighted by molar-refractivity contribution is 6.30. The Bertz CT molecular complexity index is 968. The van der Waals surface area contributed by atoms with Crippen molar-refractivity contribution in [1.82, 2.24) is 14.7 Å². The second kappa shape index (κ2) is 11.5. The molecule has 0 saturated carbocycles. The predicted molar refractivity (Wildman–Crippen MR) is 130 cm³/mol. The third kappa shape index (κ3) is 6.48. The van der Waals surface area contributed by atoms with E-state index in [2.05, 4.69) is 23.6 Å². The van der Waals surface area contributed by atoms with E-state index in [1.54, 1.807) is 6.07 Å². The van der Waals surface area contributed by atoms with Crippen LogP contribution in [-0.4, -0.2) is 78.7 Å². The maximum absolute atomic E-state index is 13.2. The van der Waals surface area contributed by atoms with Crippen molar-refractivity contribution in [2.45, 2.75) is 39.0 Å². The number of benzene rings is 2. The van der Waals surface area contributed by atoms with Crippen LogP contribution in [0.3, 0.4) is 0 Å². The Morgan fingerprint density at radius 1 is 1.06 bits per heavy atom. The lowest BCUT2D eigenvalue weighted by Crippen LogP contribution is -2.58. The monoisotopic (exact) mass is 489 g/mol. The van der Waals surface area contributed by atoms with Crippen molar-refractivity contribution in [3.8, 4) is 5.75 Å². The summed E-state index contributed by atoms with van der Waals surface area (Å²) in [7, 11) is 0. The Labute approximate surface area is 206 Å². The summed E-state index contributed by atoms with van der Waals surface area (Å²) in [5, 5.41) is 0.654. The quantitative estimate of drug-likeness (QED) is 0.592. The topological polar surface area (TPSA) is 45.2 Å². The third-order valence-corrected chi connectivity index (χ3v) is 6.84. The van der Waals surface area contributed by atoms with Crippen molar-refractivity contribution < 1.29 is 18.7 Å². The molecule has 4 rings (SSSR count). The number of carbonyl (C=O) groups excluding carboxylic acids is 1. The molecule has 0 spiro atoms. The lowest BCUT2D eigenvalue weighted by Gasteiger charge is -2.44. The number of piperazine rings is 1. The van der Waals surface area contributed by atoms with Gasteiger partial charge in [-0.15, -0.1) is 0 Å². The van der Waals surface area contributed by atoms with E-state index in [-0.39, 0.29) is 30.4 Å². The number of rotatable bonds is 7. The number of nitrogens with zero attached hydrogens (tertiary/aromatic N) is 3. The molecule has 2 fully saturated rings. The minimum atomic E-state index is -0.227. The number of hydrogen-bond acceptors (Lipinski definition) is 5. The molecule has 2 heterocycles. The minimum Gasteiger partial charge on any atom is -0.483 e. The molecule has 0 radical (unpaired) electrons. The van der Waals surface area contributed by atoms with Gasteiger partial charge in [-0.25, -0.2) is 4.39 Å². The van der Waals surface area contributed by atoms with Crippen molar-refractivity contribution in [3.05, 3.63) is 64.4 Å². The number of ether oxygens (including phenoxy) is 2. The highest BCUT2D eigenvalue weighted by Crippen LogP contribution is 2.25. The van der Waals surface area contributed by atoms with Crippen LogP contribution in [0.1, 0.15) is 25.0 Å². The van der Waals surface area contributed by atoms with Gasteiger partial charge in [0.1, 0.15) is 11.6 Å². The first-order valence-electron chi connectivity index (χ1n) is 11.9. The summed E-state index contributed by atoms with van der Waals surface area (Å²) in [5.41, 5.74) is 2.05. The summed E-state index contributed by atoms with van der Waals surface area (Å²) in [6, 6.07) is 12.4. The summed E-state index contributed by atoms with van der Waals surface area (Å²) in [6.45, 7) is 10.2. The zero-order chi connectivity index (χ0) is 24.1. The molecule has 0 unspecified atom stereocenters. The zero-order valence-electron chi connectivity index (χ0n) is 19.9. The van der Waals surface area contributed by atoms with E-state index in [1.165, 1.54) is 12.1 Å². The van der Waals surface area contributed by atoms with Gasteiger partial charge in [-0.3, -0.25) is 14.6 Å². The predicted octanol–water partition coefficient (Wildman–Crippen LogP) is 3.81. The van der Waals surface area contributed by atoms with Gasteiger partial charge in [0.15, 0.2) is 6.61 Å². The van der Waals surface area contributed by atoms with Crippen LogP contribution in [0, 0.1) is 5.82 Å². The lowest BCUT2D eigenvalue weighted by atomic mass is 10.1. The van der Waals surface area contributed by atoms with E-state index >= 15 is 0 Å². The number of hydrogen-bond donors (Lipinski definition) is 0. The van der Waals surface area contributed by atoms with Gasteiger partial charge in [-0.1, -0.05) is 23.7 Å². The molecule has 0 bridgehead atoms. The average Bonchev–Trinajstić information content (AvgIpc) is 2.82. The maximum atomic E-state index is 13.2. The van der Waals surface area contributed by atoms with Gasteiger partial charge in [0.05, 0.1) is 13.2 Å². The fraction of sp³-hybridized carbons (Fsp3) is 0.500. The van der Waals surface area contributed by atoms with E-state index in [9.17, 15) is 9.18 Å². The second-order valence-electron chi connectivity index (χ2n) is 9.23. The molecule has 2 aliphatic heterocycles. The van der Waals surface area contributed by atoms with Gasteiger partial charge in [0.2, 0.25) is 0 Å². The molecular weight excluding hydrogens is 457 g/mol. The van der Waals surface area contributed by atoms with E-state index < -0.39 is 0 Å². The molecule has 2 aliphatic rings. The van der Waals surface area contributed by atoms with Crippen LogP contribution in [-0.2, 0) is 22.6 Å². The molecule has 2 saturated heterocycles. The largest absolute Gasteiger partial charge is 0.483 e. The Balaban J connectivity index is 1.34. The first kappa shape index (κ1) is 24.9. The molecule has 2 aromatic rings. The van der Waals surface area contributed by atoms with Crippen LogP contribution in [0.5, 0.6) is 5.75 Å². The van der Waals surface area contributed by atoms with Gasteiger partial charge in [0, 0.05) is 61.9 Å². The molecule has 2 atom stereocenters. The molecule has 2 aromatic carbocycles. The van der Waals surface area contributed by atoms with Gasteiger partial charge in [-0.05, 0) is 49.7 Å². The van der Waals surface area contributed by atoms with Crippen molar-refractivity contribution in [2.75, 3.05) is 46.0 Å². The van der Waals surface area contributed by atoms with E-state index in [4.69, 9.17) is 21.1 Å². The Morgan fingerprint density at radius 2 is 1.79 bits per heavy atom. The first-order valence-corrected chi connectivity index (χ1v) is 12.3. The van der Waals surface area contributed by atoms with E-state index in [0.717, 1.165) is 50.5 Å². The molecule has 8 heteroatoms. The summed E-state index contributed by atoms with van der Waals surface area (Å²) in [4.78, 5) is 19.6. The Morgan fingerprint density at radius 3 is 2.53 bits per heavy atom. The van der Waals surface area contributed by atoms with Crippen molar-refractivity contribution in [3.63, 3.8) is 0 Å². The van der Waals surface area contributed by atoms with Crippen LogP contribution in [0.15, 0.2) is 42.5 Å². The Kier molecular flexibility index (Phi) is 8.42. The molecule has 184 valence electrons. The fourth-order valence-corrected chi connectivity index (χ4v) is 4.82. The van der Waals surface area contributed by atoms with Crippen LogP contribution >= 0.6 is 11.6 Å². The van der Waals surface area contributed by atoms with Crippen LogP contribution in [0.2, 0.25) is 5.02 Å². The molecule has 34 heavy (non-hydrogen) atoms. The van der Waals surface area contributed by atoms with Crippen LogP contribution in [0.4, 0.5) is 4.39 Å². The average molecular weight is 490 g/mol. The number of amides is 1. The van der Waals surface area contributed by atoms with Gasteiger partial charge in [-0.2, -0.15) is 0 Å². The number of morpholine rings is 1. The molecule has 0 aliphatic carbocycles. The molecule has 0 N–H and O–H groups in total. The summed E-state index contributed by atoms with van der Waals surface area (Å²) in [6.07, 6.45) is 0. The summed E-state index contributed by atoms with van der Waals surface area (Å²) in [5.74, 6) is 0.447. The maximum Gasteiger partial charge on any atom is 0.260 e. The van der Waals surface area contributed by atoms with E-state index in [0.29, 0.717) is 23.9 Å². The zero-order valence-corrected chi connectivity index (χ0v) is 20.6. The van der Waals surface area contributed by atoms with Gasteiger partial charge >= 0.3 is 0 Å². The summed E-state index contributed by atoms with van der Waals surface area (Å²) >= 11 is 6.24. The third-order valence-electron chi connectivity index (χ3n) is 6.61. The SMILES string of the molecule is C[C@@H]1CN(Cc2ccc(F)cc2)[C@@H](C)CN1C(=O)COc1ccc(Cl)cc1CN1CCOCC1. The molecule has 6 nitrogen and oxygen atoms in total. The van der Waals surface area contributed by atoms with Crippen LogP contribution < -0.4 is 4.74 Å². The Hall–Kier alpha value is -2.19. The van der Waals surface area contributed by atoms with Gasteiger partial charge in [0.25, 0.3) is 5.91 Å². The number of halogens is 2. The fourth-order valence-electron chi connectivity index (χ4n) is 4.63.